The molecule has 0 aliphatic rings. The highest BCUT2D eigenvalue weighted by Gasteiger charge is 2.07. The maximum Gasteiger partial charge on any atom is 0.0574 e. The molecule has 4 heteroatoms. The van der Waals surface area contributed by atoms with Crippen LogP contribution in [0.4, 0.5) is 11.4 Å². The second-order valence-corrected chi connectivity index (χ2v) is 5.74. The fourth-order valence-corrected chi connectivity index (χ4v) is 3.12. The molecular formula is C17H36N2S2. The van der Waals surface area contributed by atoms with Gasteiger partial charge in [0, 0.05) is 11.9 Å². The number of nitrogens with two attached hydrogens (primary N) is 1. The van der Waals surface area contributed by atoms with Crippen LogP contribution in [0, 0.1) is 0 Å². The predicted molar refractivity (Wildman–Crippen MR) is 108 cm³/mol. The van der Waals surface area contributed by atoms with Gasteiger partial charge in [0.1, 0.15) is 0 Å². The molecule has 0 aliphatic carbocycles. The SMILES string of the molecule is CC.CC.CC.CCCc1cc(NC)c(N)cc1SSC. The lowest BCUT2D eigenvalue weighted by molar-refractivity contribution is 0.902. The summed E-state index contributed by atoms with van der Waals surface area (Å²) in [6.07, 6.45) is 4.36. The summed E-state index contributed by atoms with van der Waals surface area (Å²) in [5.74, 6) is 0. The van der Waals surface area contributed by atoms with Gasteiger partial charge < -0.3 is 11.1 Å². The van der Waals surface area contributed by atoms with Crippen molar-refractivity contribution in [2.24, 2.45) is 0 Å². The molecule has 0 atom stereocenters. The molecule has 0 amide bonds. The van der Waals surface area contributed by atoms with Crippen molar-refractivity contribution in [3.8, 4) is 0 Å². The van der Waals surface area contributed by atoms with Crippen LogP contribution in [0.2, 0.25) is 0 Å². The van der Waals surface area contributed by atoms with Gasteiger partial charge in [0.05, 0.1) is 11.4 Å². The molecule has 3 N–H and O–H groups in total. The van der Waals surface area contributed by atoms with Gasteiger partial charge >= 0.3 is 0 Å². The number of nitrogens with one attached hydrogen (secondary N) is 1. The Kier molecular flexibility index (Phi) is 23.7. The van der Waals surface area contributed by atoms with Crippen LogP contribution in [0.25, 0.3) is 0 Å². The monoisotopic (exact) mass is 332 g/mol. The second-order valence-electron chi connectivity index (χ2n) is 3.30. The molecule has 126 valence electrons. The average Bonchev–Trinajstić information content (AvgIpc) is 2.56. The lowest BCUT2D eigenvalue weighted by Gasteiger charge is -2.12. The molecule has 0 saturated heterocycles. The van der Waals surface area contributed by atoms with Crippen LogP contribution in [0.15, 0.2) is 17.0 Å². The molecule has 0 aromatic heterocycles. The van der Waals surface area contributed by atoms with Crippen molar-refractivity contribution in [1.29, 1.82) is 0 Å². The van der Waals surface area contributed by atoms with Gasteiger partial charge in [0.25, 0.3) is 0 Å². The number of nitrogen functional groups attached to an aromatic ring is 1. The van der Waals surface area contributed by atoms with Gasteiger partial charge in [0.2, 0.25) is 0 Å². The molecule has 0 aliphatic heterocycles. The minimum atomic E-state index is 0.828. The topological polar surface area (TPSA) is 38.0 Å². The van der Waals surface area contributed by atoms with Gasteiger partial charge in [-0.2, -0.15) is 0 Å². The summed E-state index contributed by atoms with van der Waals surface area (Å²) in [5.41, 5.74) is 9.19. The summed E-state index contributed by atoms with van der Waals surface area (Å²) < 4.78 is 0. The van der Waals surface area contributed by atoms with E-state index in [9.17, 15) is 0 Å². The smallest absolute Gasteiger partial charge is 0.0574 e. The minimum Gasteiger partial charge on any atom is -0.397 e. The van der Waals surface area contributed by atoms with E-state index in [1.165, 1.54) is 10.5 Å². The number of aryl methyl sites for hydroxylation is 1. The lowest BCUT2D eigenvalue weighted by atomic mass is 10.1. The highest BCUT2D eigenvalue weighted by Crippen LogP contribution is 2.36. The maximum absolute atomic E-state index is 5.94. The highest BCUT2D eigenvalue weighted by atomic mass is 33.1. The Balaban J connectivity index is -0.000000478. The molecule has 1 rings (SSSR count). The zero-order valence-electron chi connectivity index (χ0n) is 15.5. The average molecular weight is 333 g/mol. The standard InChI is InChI=1S/C11H18N2S2.3C2H6/c1-4-5-8-6-10(13-2)9(12)7-11(8)15-14-3;3*1-2/h6-7,13H,4-5,12H2,1-3H3;3*1-2H3. The third kappa shape index (κ3) is 10.8. The summed E-state index contributed by atoms with van der Waals surface area (Å²) in [6.45, 7) is 14.2. The van der Waals surface area contributed by atoms with Crippen LogP contribution in [0.5, 0.6) is 0 Å². The Morgan fingerprint density at radius 2 is 1.57 bits per heavy atom. The Labute approximate surface area is 141 Å². The van der Waals surface area contributed by atoms with Crippen molar-refractivity contribution in [2.45, 2.75) is 66.2 Å². The molecule has 0 spiro atoms. The Bertz CT molecular complexity index is 329. The Hall–Kier alpha value is -0.480. The largest absolute Gasteiger partial charge is 0.397 e. The molecule has 0 saturated carbocycles. The first-order valence-corrected chi connectivity index (χ1v) is 10.6. The van der Waals surface area contributed by atoms with E-state index in [4.69, 9.17) is 5.73 Å². The molecule has 0 bridgehead atoms. The van der Waals surface area contributed by atoms with E-state index < -0.39 is 0 Å². The summed E-state index contributed by atoms with van der Waals surface area (Å²) in [4.78, 5) is 1.29. The van der Waals surface area contributed by atoms with Crippen LogP contribution in [-0.4, -0.2) is 13.3 Å². The molecule has 1 aromatic rings. The van der Waals surface area contributed by atoms with Gasteiger partial charge in [-0.3, -0.25) is 0 Å². The third-order valence-electron chi connectivity index (χ3n) is 2.19. The Morgan fingerprint density at radius 3 is 1.95 bits per heavy atom. The quantitative estimate of drug-likeness (QED) is 0.464. The number of rotatable bonds is 5. The van der Waals surface area contributed by atoms with Gasteiger partial charge in [0.15, 0.2) is 0 Å². The van der Waals surface area contributed by atoms with Crippen LogP contribution < -0.4 is 11.1 Å². The van der Waals surface area contributed by atoms with Crippen molar-refractivity contribution >= 4 is 33.0 Å². The first-order valence-electron chi connectivity index (χ1n) is 8.03. The third-order valence-corrected chi connectivity index (χ3v) is 3.96. The zero-order chi connectivity index (χ0) is 17.3. The van der Waals surface area contributed by atoms with E-state index >= 15 is 0 Å². The summed E-state index contributed by atoms with van der Waals surface area (Å²) >= 11 is 0. The van der Waals surface area contributed by atoms with Crippen LogP contribution in [0.1, 0.15) is 60.5 Å². The first kappa shape index (κ1) is 25.5. The minimum absolute atomic E-state index is 0.828. The molecule has 0 radical (unpaired) electrons. The first-order chi connectivity index (χ1) is 10.2. The molecule has 21 heavy (non-hydrogen) atoms. The van der Waals surface area contributed by atoms with Gasteiger partial charge in [-0.05, 0) is 30.4 Å². The van der Waals surface area contributed by atoms with Crippen LogP contribution in [-0.2, 0) is 6.42 Å². The second kappa shape index (κ2) is 19.5. The molecule has 0 heterocycles. The molecule has 1 aromatic carbocycles. The zero-order valence-corrected chi connectivity index (χ0v) is 17.1. The van der Waals surface area contributed by atoms with E-state index in [0.717, 1.165) is 24.2 Å². The van der Waals surface area contributed by atoms with Crippen molar-refractivity contribution < 1.29 is 0 Å². The van der Waals surface area contributed by atoms with Crippen LogP contribution in [0.3, 0.4) is 0 Å². The summed E-state index contributed by atoms with van der Waals surface area (Å²) in [7, 11) is 5.45. The van der Waals surface area contributed by atoms with Gasteiger partial charge in [-0.1, -0.05) is 76.5 Å². The van der Waals surface area contributed by atoms with Crippen molar-refractivity contribution in [3.63, 3.8) is 0 Å². The van der Waals surface area contributed by atoms with E-state index in [0.29, 0.717) is 0 Å². The lowest BCUT2D eigenvalue weighted by Crippen LogP contribution is -1.98. The van der Waals surface area contributed by atoms with Crippen LogP contribution >= 0.6 is 21.6 Å². The molecular weight excluding hydrogens is 296 g/mol. The fourth-order valence-electron chi connectivity index (χ4n) is 1.49. The number of anilines is 2. The molecule has 0 fully saturated rings. The van der Waals surface area contributed by atoms with Crippen molar-refractivity contribution in [2.75, 3.05) is 24.4 Å². The molecule has 0 unspecified atom stereocenters. The number of benzene rings is 1. The number of hydrogen-bond donors (Lipinski definition) is 2. The fraction of sp³-hybridized carbons (Fsp3) is 0.647. The highest BCUT2D eigenvalue weighted by molar-refractivity contribution is 8.76. The van der Waals surface area contributed by atoms with Crippen molar-refractivity contribution in [1.82, 2.24) is 0 Å². The summed E-state index contributed by atoms with van der Waals surface area (Å²) in [6, 6.07) is 4.23. The van der Waals surface area contributed by atoms with E-state index in [-0.39, 0.29) is 0 Å². The normalized spacial score (nSPS) is 8.24. The van der Waals surface area contributed by atoms with Gasteiger partial charge in [-0.25, -0.2) is 0 Å². The van der Waals surface area contributed by atoms with E-state index in [1.54, 1.807) is 21.6 Å². The Morgan fingerprint density at radius 1 is 1.05 bits per heavy atom. The molecule has 2 nitrogen and oxygen atoms in total. The van der Waals surface area contributed by atoms with E-state index in [2.05, 4.69) is 30.6 Å². The maximum atomic E-state index is 5.94. The van der Waals surface area contributed by atoms with E-state index in [1.807, 2.05) is 48.6 Å². The predicted octanol–water partition coefficient (Wildman–Crippen LogP) is 6.71. The number of hydrogen-bond acceptors (Lipinski definition) is 4. The summed E-state index contributed by atoms with van der Waals surface area (Å²) in [5, 5.41) is 3.12. The van der Waals surface area contributed by atoms with Crippen molar-refractivity contribution in [3.05, 3.63) is 17.7 Å². The van der Waals surface area contributed by atoms with Gasteiger partial charge in [-0.15, -0.1) is 0 Å².